The fourth-order valence-corrected chi connectivity index (χ4v) is 1.62. The van der Waals surface area contributed by atoms with Gasteiger partial charge in [-0.1, -0.05) is 0 Å². The van der Waals surface area contributed by atoms with Gasteiger partial charge in [0.25, 0.3) is 0 Å². The van der Waals surface area contributed by atoms with Gasteiger partial charge in [0.2, 0.25) is 0 Å². The Hall–Kier alpha value is -2.11. The highest BCUT2D eigenvalue weighted by Gasteiger charge is 2.14. The zero-order chi connectivity index (χ0) is 12.4. The van der Waals surface area contributed by atoms with Crippen molar-refractivity contribution < 1.29 is 9.53 Å². The number of carbonyl (C=O) groups is 1. The first-order chi connectivity index (χ1) is 8.11. The van der Waals surface area contributed by atoms with Gasteiger partial charge in [-0.3, -0.25) is 9.78 Å². The largest absolute Gasteiger partial charge is 0.461 e. The Morgan fingerprint density at radius 3 is 2.88 bits per heavy atom. The van der Waals surface area contributed by atoms with Crippen molar-refractivity contribution in [3.05, 3.63) is 23.5 Å². The molecule has 0 aliphatic rings. The predicted octanol–water partition coefficient (Wildman–Crippen LogP) is 1.30. The van der Waals surface area contributed by atoms with Crippen LogP contribution in [0.1, 0.15) is 23.1 Å². The summed E-state index contributed by atoms with van der Waals surface area (Å²) in [5.74, 6) is -0.398. The van der Waals surface area contributed by atoms with Crippen molar-refractivity contribution in [2.45, 2.75) is 13.8 Å². The quantitative estimate of drug-likeness (QED) is 0.812. The van der Waals surface area contributed by atoms with E-state index in [4.69, 9.17) is 4.74 Å². The summed E-state index contributed by atoms with van der Waals surface area (Å²) in [6.45, 7) is 4.01. The first-order valence-electron chi connectivity index (χ1n) is 5.35. The molecular formula is C11H14N4O2. The van der Waals surface area contributed by atoms with Crippen LogP contribution in [0.3, 0.4) is 0 Å². The van der Waals surface area contributed by atoms with Crippen LogP contribution in [0.2, 0.25) is 0 Å². The van der Waals surface area contributed by atoms with Gasteiger partial charge >= 0.3 is 5.97 Å². The molecule has 0 unspecified atom stereocenters. The average Bonchev–Trinajstić information content (AvgIpc) is 2.85. The Bertz CT molecular complexity index is 541. The lowest BCUT2D eigenvalue weighted by atomic mass is 10.2. The third kappa shape index (κ3) is 2.20. The third-order valence-electron chi connectivity index (χ3n) is 2.34. The third-order valence-corrected chi connectivity index (χ3v) is 2.34. The second-order valence-corrected chi connectivity index (χ2v) is 3.68. The van der Waals surface area contributed by atoms with Crippen LogP contribution in [0.15, 0.2) is 12.1 Å². The number of carbonyl (C=O) groups excluding carboxylic acids is 1. The Morgan fingerprint density at radius 2 is 2.29 bits per heavy atom. The molecule has 0 atom stereocenters. The highest BCUT2D eigenvalue weighted by atomic mass is 16.5. The van der Waals surface area contributed by atoms with Gasteiger partial charge in [-0.2, -0.15) is 10.2 Å². The molecule has 1 N–H and O–H groups in total. The zero-order valence-corrected chi connectivity index (χ0v) is 10.0. The summed E-state index contributed by atoms with van der Waals surface area (Å²) >= 11 is 0. The number of hydrogen-bond donors (Lipinski definition) is 1. The lowest BCUT2D eigenvalue weighted by Crippen LogP contribution is -2.04. The second-order valence-electron chi connectivity index (χ2n) is 3.68. The average molecular weight is 234 g/mol. The van der Waals surface area contributed by atoms with E-state index in [1.165, 1.54) is 0 Å². The van der Waals surface area contributed by atoms with Crippen LogP contribution in [-0.2, 0) is 11.8 Å². The number of H-pyrrole nitrogens is 1. The molecule has 2 rings (SSSR count). The molecule has 0 saturated carbocycles. The lowest BCUT2D eigenvalue weighted by Gasteiger charge is -1.96. The first kappa shape index (κ1) is 11.4. The predicted molar refractivity (Wildman–Crippen MR) is 61.5 cm³/mol. The number of esters is 1. The number of aryl methyl sites for hydroxylation is 2. The molecule has 90 valence electrons. The molecule has 0 aliphatic carbocycles. The smallest absolute Gasteiger partial charge is 0.356 e. The molecular weight excluding hydrogens is 220 g/mol. The van der Waals surface area contributed by atoms with Gasteiger partial charge in [0.15, 0.2) is 0 Å². The SMILES string of the molecule is CCOC(=O)c1cc(-c2cc(C)nn2C)n[nH]1. The number of hydrogen-bond acceptors (Lipinski definition) is 4. The number of rotatable bonds is 3. The van der Waals surface area contributed by atoms with Gasteiger partial charge < -0.3 is 4.74 Å². The Morgan fingerprint density at radius 1 is 1.53 bits per heavy atom. The number of aromatic nitrogens is 4. The van der Waals surface area contributed by atoms with E-state index in [-0.39, 0.29) is 0 Å². The Kier molecular flexibility index (Phi) is 2.95. The molecule has 6 heteroatoms. The van der Waals surface area contributed by atoms with Gasteiger partial charge in [-0.05, 0) is 19.9 Å². The molecule has 0 bridgehead atoms. The van der Waals surface area contributed by atoms with Crippen molar-refractivity contribution in [2.24, 2.45) is 7.05 Å². The Balaban J connectivity index is 2.30. The van der Waals surface area contributed by atoms with Crippen LogP contribution in [-0.4, -0.2) is 32.6 Å². The standard InChI is InChI=1S/C11H14N4O2/c1-4-17-11(16)9-6-8(12-13-9)10-5-7(2)14-15(10)3/h5-6H,4H2,1-3H3,(H,12,13). The molecule has 0 radical (unpaired) electrons. The summed E-state index contributed by atoms with van der Waals surface area (Å²) in [5, 5.41) is 11.0. The first-order valence-corrected chi connectivity index (χ1v) is 5.35. The fraction of sp³-hybridized carbons (Fsp3) is 0.364. The summed E-state index contributed by atoms with van der Waals surface area (Å²) in [4.78, 5) is 11.5. The van der Waals surface area contributed by atoms with Gasteiger partial charge in [-0.25, -0.2) is 4.79 Å². The van der Waals surface area contributed by atoms with Gasteiger partial charge in [0, 0.05) is 13.1 Å². The van der Waals surface area contributed by atoms with Crippen molar-refractivity contribution in [3.8, 4) is 11.4 Å². The molecule has 0 spiro atoms. The number of ether oxygens (including phenoxy) is 1. The summed E-state index contributed by atoms with van der Waals surface area (Å²) in [6.07, 6.45) is 0. The van der Waals surface area contributed by atoms with Crippen molar-refractivity contribution in [1.29, 1.82) is 0 Å². The van der Waals surface area contributed by atoms with Crippen molar-refractivity contribution in [1.82, 2.24) is 20.0 Å². The van der Waals surface area contributed by atoms with Crippen LogP contribution < -0.4 is 0 Å². The maximum atomic E-state index is 11.5. The molecule has 0 aliphatic heterocycles. The van der Waals surface area contributed by atoms with Crippen LogP contribution in [0.4, 0.5) is 0 Å². The van der Waals surface area contributed by atoms with E-state index in [0.717, 1.165) is 11.4 Å². The molecule has 0 aromatic carbocycles. The molecule has 2 heterocycles. The summed E-state index contributed by atoms with van der Waals surface area (Å²) in [5.41, 5.74) is 2.79. The lowest BCUT2D eigenvalue weighted by molar-refractivity contribution is 0.0519. The van der Waals surface area contributed by atoms with Gasteiger partial charge in [0.05, 0.1) is 18.0 Å². The van der Waals surface area contributed by atoms with E-state index in [1.54, 1.807) is 17.7 Å². The molecule has 0 fully saturated rings. The molecule has 2 aromatic heterocycles. The minimum atomic E-state index is -0.398. The normalized spacial score (nSPS) is 10.5. The maximum Gasteiger partial charge on any atom is 0.356 e. The van der Waals surface area contributed by atoms with Crippen LogP contribution >= 0.6 is 0 Å². The van der Waals surface area contributed by atoms with Crippen molar-refractivity contribution in [3.63, 3.8) is 0 Å². The highest BCUT2D eigenvalue weighted by Crippen LogP contribution is 2.18. The van der Waals surface area contributed by atoms with E-state index in [1.807, 2.05) is 20.0 Å². The molecule has 0 saturated heterocycles. The minimum Gasteiger partial charge on any atom is -0.461 e. The van der Waals surface area contributed by atoms with Crippen molar-refractivity contribution in [2.75, 3.05) is 6.61 Å². The topological polar surface area (TPSA) is 72.8 Å². The van der Waals surface area contributed by atoms with Gasteiger partial charge in [0.1, 0.15) is 11.4 Å². The molecule has 0 amide bonds. The monoisotopic (exact) mass is 234 g/mol. The highest BCUT2D eigenvalue weighted by molar-refractivity contribution is 5.88. The van der Waals surface area contributed by atoms with E-state index in [0.29, 0.717) is 18.0 Å². The van der Waals surface area contributed by atoms with E-state index < -0.39 is 5.97 Å². The molecule has 6 nitrogen and oxygen atoms in total. The van der Waals surface area contributed by atoms with E-state index >= 15 is 0 Å². The number of nitrogens with one attached hydrogen (secondary N) is 1. The summed E-state index contributed by atoms with van der Waals surface area (Å²) in [6, 6.07) is 3.57. The van der Waals surface area contributed by atoms with Crippen LogP contribution in [0, 0.1) is 6.92 Å². The van der Waals surface area contributed by atoms with Crippen LogP contribution in [0.25, 0.3) is 11.4 Å². The van der Waals surface area contributed by atoms with Crippen LogP contribution in [0.5, 0.6) is 0 Å². The number of aromatic amines is 1. The molecule has 2 aromatic rings. The molecule has 17 heavy (non-hydrogen) atoms. The summed E-state index contributed by atoms with van der Waals surface area (Å²) in [7, 11) is 1.83. The maximum absolute atomic E-state index is 11.5. The van der Waals surface area contributed by atoms with E-state index in [9.17, 15) is 4.79 Å². The van der Waals surface area contributed by atoms with E-state index in [2.05, 4.69) is 15.3 Å². The van der Waals surface area contributed by atoms with Gasteiger partial charge in [-0.15, -0.1) is 0 Å². The minimum absolute atomic E-state index is 0.345. The Labute approximate surface area is 98.6 Å². The second kappa shape index (κ2) is 4.40. The zero-order valence-electron chi connectivity index (χ0n) is 10.0. The fourth-order valence-electron chi connectivity index (χ4n) is 1.62. The van der Waals surface area contributed by atoms with Crippen molar-refractivity contribution >= 4 is 5.97 Å². The summed E-state index contributed by atoms with van der Waals surface area (Å²) < 4.78 is 6.60. The number of nitrogens with zero attached hydrogens (tertiary/aromatic N) is 3.